The second-order valence-corrected chi connectivity index (χ2v) is 8.61. The van der Waals surface area contributed by atoms with Gasteiger partial charge in [0.1, 0.15) is 12.5 Å². The molecule has 1 aliphatic carbocycles. The highest BCUT2D eigenvalue weighted by atomic mass is 35.5. The molecule has 1 atom stereocenters. The highest BCUT2D eigenvalue weighted by molar-refractivity contribution is 7.99. The molecule has 28 heavy (non-hydrogen) atoms. The van der Waals surface area contributed by atoms with Crippen molar-refractivity contribution in [3.05, 3.63) is 39.8 Å². The Morgan fingerprint density at radius 3 is 2.68 bits per heavy atom. The largest absolute Gasteiger partial charge is 0.383 e. The monoisotopic (exact) mass is 429 g/mol. The summed E-state index contributed by atoms with van der Waals surface area (Å²) >= 11 is 7.81. The summed E-state index contributed by atoms with van der Waals surface area (Å²) in [6.07, 6.45) is 2.91. The third-order valence-electron chi connectivity index (χ3n) is 4.64. The molecule has 0 radical (unpaired) electrons. The maximum atomic E-state index is 14.8. The second-order valence-electron chi connectivity index (χ2n) is 7.12. The average Bonchev–Trinajstić information content (AvgIpc) is 3.51. The Kier molecular flexibility index (Phi) is 6.78. The van der Waals surface area contributed by atoms with Gasteiger partial charge in [-0.2, -0.15) is 0 Å². The lowest BCUT2D eigenvalue weighted by atomic mass is 9.94. The maximum absolute atomic E-state index is 14.8. The quantitative estimate of drug-likeness (QED) is 0.261. The predicted molar refractivity (Wildman–Crippen MR) is 105 cm³/mol. The van der Waals surface area contributed by atoms with Crippen LogP contribution in [0, 0.1) is 11.7 Å². The van der Waals surface area contributed by atoms with E-state index in [0.29, 0.717) is 22.6 Å². The first kappa shape index (κ1) is 21.3. The van der Waals surface area contributed by atoms with Gasteiger partial charge in [-0.3, -0.25) is 9.59 Å². The number of hydrogen-bond acceptors (Lipinski definition) is 5. The Bertz CT molecular complexity index is 824. The van der Waals surface area contributed by atoms with Crippen LogP contribution in [0.25, 0.3) is 0 Å². The second kappa shape index (κ2) is 8.93. The van der Waals surface area contributed by atoms with Crippen molar-refractivity contribution in [1.29, 1.82) is 0 Å². The van der Waals surface area contributed by atoms with E-state index in [9.17, 15) is 18.4 Å². The van der Waals surface area contributed by atoms with Crippen LogP contribution >= 0.6 is 23.4 Å². The van der Waals surface area contributed by atoms with E-state index in [1.165, 1.54) is 18.0 Å². The van der Waals surface area contributed by atoms with Crippen LogP contribution in [0.15, 0.2) is 22.7 Å². The third kappa shape index (κ3) is 4.42. The Morgan fingerprint density at radius 2 is 2.07 bits per heavy atom. The fourth-order valence-electron chi connectivity index (χ4n) is 3.20. The minimum atomic E-state index is -0.663. The zero-order chi connectivity index (χ0) is 20.4. The van der Waals surface area contributed by atoms with E-state index in [4.69, 9.17) is 16.3 Å². The molecule has 0 spiro atoms. The minimum Gasteiger partial charge on any atom is -0.383 e. The molecule has 1 unspecified atom stereocenters. The van der Waals surface area contributed by atoms with Gasteiger partial charge in [-0.05, 0) is 25.3 Å². The number of alkyl halides is 1. The normalized spacial score (nSPS) is 19.3. The van der Waals surface area contributed by atoms with Crippen molar-refractivity contribution in [2.24, 2.45) is 5.92 Å². The molecule has 0 aromatic heterocycles. The molecule has 2 aliphatic rings. The summed E-state index contributed by atoms with van der Waals surface area (Å²) < 4.78 is 32.9. The van der Waals surface area contributed by atoms with Crippen molar-refractivity contribution in [1.82, 2.24) is 4.90 Å². The molecular formula is C20H22ClF2NO3S. The standard InChI is InChI=1S/C20H22ClF2NO3S/c1-24(2)10-13(18(25)11-3-4-11)19(26)12-9-14(23)20-16(17(12)21)15(5-8-28-20)27-7-6-22/h9-11,15H,3-8H2,1-2H3/b13-10+. The van der Waals surface area contributed by atoms with Crippen LogP contribution in [-0.4, -0.2) is 49.6 Å². The van der Waals surface area contributed by atoms with Crippen molar-refractivity contribution < 1.29 is 23.1 Å². The van der Waals surface area contributed by atoms with Gasteiger partial charge < -0.3 is 9.64 Å². The minimum absolute atomic E-state index is 0.00145. The zero-order valence-corrected chi connectivity index (χ0v) is 17.3. The van der Waals surface area contributed by atoms with Crippen LogP contribution in [0.4, 0.5) is 8.78 Å². The van der Waals surface area contributed by atoms with Crippen molar-refractivity contribution >= 4 is 34.9 Å². The van der Waals surface area contributed by atoms with Gasteiger partial charge in [0.2, 0.25) is 0 Å². The molecule has 8 heteroatoms. The molecule has 1 heterocycles. The number of thioether (sulfide) groups is 1. The average molecular weight is 430 g/mol. The van der Waals surface area contributed by atoms with Crippen molar-refractivity contribution in [3.8, 4) is 0 Å². The van der Waals surface area contributed by atoms with Gasteiger partial charge in [0.15, 0.2) is 11.6 Å². The number of hydrogen-bond donors (Lipinski definition) is 0. The van der Waals surface area contributed by atoms with Crippen molar-refractivity contribution in [2.75, 3.05) is 33.1 Å². The number of ether oxygens (including phenoxy) is 1. The third-order valence-corrected chi connectivity index (χ3v) is 6.19. The smallest absolute Gasteiger partial charge is 0.199 e. The van der Waals surface area contributed by atoms with Gasteiger partial charge in [0, 0.05) is 43.1 Å². The van der Waals surface area contributed by atoms with Crippen molar-refractivity contribution in [3.63, 3.8) is 0 Å². The Morgan fingerprint density at radius 1 is 1.36 bits per heavy atom. The number of rotatable bonds is 8. The fourth-order valence-corrected chi connectivity index (χ4v) is 4.73. The van der Waals surface area contributed by atoms with Gasteiger partial charge in [-0.1, -0.05) is 11.6 Å². The number of carbonyl (C=O) groups is 2. The van der Waals surface area contributed by atoms with Gasteiger partial charge in [-0.25, -0.2) is 8.78 Å². The Hall–Kier alpha value is -1.44. The van der Waals surface area contributed by atoms with Crippen LogP contribution in [0.5, 0.6) is 0 Å². The van der Waals surface area contributed by atoms with E-state index in [1.807, 2.05) is 0 Å². The summed E-state index contributed by atoms with van der Waals surface area (Å²) in [4.78, 5) is 27.7. The molecule has 0 bridgehead atoms. The molecule has 0 saturated heterocycles. The highest BCUT2D eigenvalue weighted by Gasteiger charge is 2.37. The van der Waals surface area contributed by atoms with E-state index < -0.39 is 24.4 Å². The summed E-state index contributed by atoms with van der Waals surface area (Å²) in [7, 11) is 3.42. The maximum Gasteiger partial charge on any atom is 0.199 e. The highest BCUT2D eigenvalue weighted by Crippen LogP contribution is 2.45. The molecule has 152 valence electrons. The lowest BCUT2D eigenvalue weighted by molar-refractivity contribution is -0.116. The molecule has 0 amide bonds. The Balaban J connectivity index is 2.05. The zero-order valence-electron chi connectivity index (χ0n) is 15.8. The molecule has 1 aliphatic heterocycles. The van der Waals surface area contributed by atoms with E-state index in [1.54, 1.807) is 19.0 Å². The number of nitrogens with zero attached hydrogens (tertiary/aromatic N) is 1. The molecule has 4 nitrogen and oxygen atoms in total. The number of fused-ring (bicyclic) bond motifs is 1. The summed E-state index contributed by atoms with van der Waals surface area (Å²) in [5, 5.41) is 0.0747. The van der Waals surface area contributed by atoms with Crippen molar-refractivity contribution in [2.45, 2.75) is 30.3 Å². The van der Waals surface area contributed by atoms with Gasteiger partial charge in [0.05, 0.1) is 28.2 Å². The molecule has 1 aromatic carbocycles. The van der Waals surface area contributed by atoms with Gasteiger partial charge in [-0.15, -0.1) is 11.8 Å². The molecular weight excluding hydrogens is 408 g/mol. The van der Waals surface area contributed by atoms with Crippen LogP contribution in [-0.2, 0) is 9.53 Å². The Labute approximate surface area is 172 Å². The summed E-state index contributed by atoms with van der Waals surface area (Å²) in [6, 6.07) is 1.09. The summed E-state index contributed by atoms with van der Waals surface area (Å²) in [5.74, 6) is -0.974. The summed E-state index contributed by atoms with van der Waals surface area (Å²) in [6.45, 7) is -0.792. The number of halogens is 3. The first-order valence-electron chi connectivity index (χ1n) is 9.14. The summed E-state index contributed by atoms with van der Waals surface area (Å²) in [5.41, 5.74) is 0.313. The first-order chi connectivity index (χ1) is 13.3. The SMILES string of the molecule is CN(C)/C=C(/C(=O)c1cc(F)c2c(c1Cl)C(OCCF)CCS2)C(=O)C1CC1. The van der Waals surface area contributed by atoms with Crippen LogP contribution in [0.3, 0.4) is 0 Å². The first-order valence-corrected chi connectivity index (χ1v) is 10.5. The number of Topliss-reactive ketones (excluding diaryl/α,β-unsaturated/α-hetero) is 2. The molecule has 1 aromatic rings. The predicted octanol–water partition coefficient (Wildman–Crippen LogP) is 4.61. The number of carbonyl (C=O) groups excluding carboxylic acids is 2. The number of benzene rings is 1. The number of ketones is 2. The van der Waals surface area contributed by atoms with E-state index in [0.717, 1.165) is 18.9 Å². The molecule has 0 N–H and O–H groups in total. The van der Waals surface area contributed by atoms with Crippen LogP contribution < -0.4 is 0 Å². The topological polar surface area (TPSA) is 46.6 Å². The lowest BCUT2D eigenvalue weighted by Crippen LogP contribution is -2.21. The van der Waals surface area contributed by atoms with Gasteiger partial charge >= 0.3 is 0 Å². The van der Waals surface area contributed by atoms with E-state index in [-0.39, 0.29) is 34.5 Å². The van der Waals surface area contributed by atoms with Crippen LogP contribution in [0.1, 0.15) is 41.3 Å². The molecule has 1 saturated carbocycles. The van der Waals surface area contributed by atoms with E-state index in [2.05, 4.69) is 0 Å². The lowest BCUT2D eigenvalue weighted by Gasteiger charge is -2.27. The van der Waals surface area contributed by atoms with E-state index >= 15 is 0 Å². The fraction of sp³-hybridized carbons (Fsp3) is 0.500. The molecule has 3 rings (SSSR count). The molecule has 1 fully saturated rings. The number of allylic oxidation sites excluding steroid dienone is 1. The van der Waals surface area contributed by atoms with Crippen LogP contribution in [0.2, 0.25) is 5.02 Å². The van der Waals surface area contributed by atoms with Gasteiger partial charge in [0.25, 0.3) is 0 Å².